The van der Waals surface area contributed by atoms with Crippen LogP contribution in [0.15, 0.2) is 47.0 Å². The van der Waals surface area contributed by atoms with Gasteiger partial charge in [0.15, 0.2) is 5.49 Å². The number of hydrogen-bond acceptors (Lipinski definition) is 3. The Kier molecular flexibility index (Phi) is 4.57. The van der Waals surface area contributed by atoms with Gasteiger partial charge in [-0.15, -0.1) is 4.40 Å². The van der Waals surface area contributed by atoms with Crippen LogP contribution in [0.1, 0.15) is 6.92 Å². The van der Waals surface area contributed by atoms with Crippen molar-refractivity contribution in [3.8, 4) is 16.9 Å². The molecule has 2 rings (SSSR count). The quantitative estimate of drug-likeness (QED) is 0.871. The third kappa shape index (κ3) is 3.08. The van der Waals surface area contributed by atoms with Crippen molar-refractivity contribution in [2.75, 3.05) is 7.11 Å². The van der Waals surface area contributed by atoms with Gasteiger partial charge in [-0.1, -0.05) is 12.1 Å². The summed E-state index contributed by atoms with van der Waals surface area (Å²) in [7, 11) is -1.23. The summed E-state index contributed by atoms with van der Waals surface area (Å²) in [5, 5.41) is 0. The van der Waals surface area contributed by atoms with Crippen molar-refractivity contribution in [3.63, 3.8) is 0 Å². The smallest absolute Gasteiger partial charge is 0.245 e. The highest BCUT2D eigenvalue weighted by atomic mass is 32.2. The van der Waals surface area contributed by atoms with Crippen LogP contribution in [0.4, 0.5) is 0 Å². The minimum absolute atomic E-state index is 0.441. The molecule has 0 aliphatic rings. The molecule has 0 spiro atoms. The van der Waals surface area contributed by atoms with Gasteiger partial charge < -0.3 is 9.30 Å². The molecule has 0 atom stereocenters. The molecule has 2 aromatic rings. The fourth-order valence-electron chi connectivity index (χ4n) is 1.98. The number of methoxy groups -OCH3 is 1. The molecule has 1 aromatic carbocycles. The Morgan fingerprint density at radius 1 is 1.20 bits per heavy atom. The number of thiol groups is 1. The van der Waals surface area contributed by atoms with Crippen molar-refractivity contribution in [3.05, 3.63) is 48.1 Å². The van der Waals surface area contributed by atoms with Crippen LogP contribution in [-0.4, -0.2) is 20.1 Å². The summed E-state index contributed by atoms with van der Waals surface area (Å²) < 4.78 is 32.6. The SMILES string of the molecule is CCn1cccc(-c2ccc(OC)cc2)/c1=N/[SH](=O)=O. The van der Waals surface area contributed by atoms with E-state index in [2.05, 4.69) is 4.40 Å². The van der Waals surface area contributed by atoms with Gasteiger partial charge in [-0.05, 0) is 36.8 Å². The molecular weight excluding hydrogens is 276 g/mol. The van der Waals surface area contributed by atoms with Crippen molar-refractivity contribution < 1.29 is 13.2 Å². The Morgan fingerprint density at radius 3 is 2.45 bits per heavy atom. The van der Waals surface area contributed by atoms with Crippen molar-refractivity contribution >= 4 is 10.9 Å². The van der Waals surface area contributed by atoms with E-state index in [1.807, 2.05) is 49.5 Å². The van der Waals surface area contributed by atoms with Gasteiger partial charge in [-0.2, -0.15) is 0 Å². The molecule has 0 aliphatic carbocycles. The van der Waals surface area contributed by atoms with E-state index in [1.165, 1.54) is 0 Å². The van der Waals surface area contributed by atoms with E-state index in [9.17, 15) is 8.42 Å². The molecule has 0 saturated carbocycles. The summed E-state index contributed by atoms with van der Waals surface area (Å²) in [5.41, 5.74) is 2.11. The normalized spacial score (nSPS) is 11.8. The lowest BCUT2D eigenvalue weighted by molar-refractivity contribution is 0.415. The molecule has 20 heavy (non-hydrogen) atoms. The van der Waals surface area contributed by atoms with E-state index in [-0.39, 0.29) is 0 Å². The Hall–Kier alpha value is -2.08. The van der Waals surface area contributed by atoms with Crippen molar-refractivity contribution in [2.24, 2.45) is 4.40 Å². The average Bonchev–Trinajstić information content (AvgIpc) is 2.47. The fourth-order valence-corrected chi connectivity index (χ4v) is 2.36. The minimum Gasteiger partial charge on any atom is -0.497 e. The molecule has 0 N–H and O–H groups in total. The van der Waals surface area contributed by atoms with Crippen LogP contribution < -0.4 is 10.2 Å². The first-order valence-electron chi connectivity index (χ1n) is 6.18. The van der Waals surface area contributed by atoms with Crippen LogP contribution in [-0.2, 0) is 17.4 Å². The maximum Gasteiger partial charge on any atom is 0.245 e. The van der Waals surface area contributed by atoms with E-state index in [0.717, 1.165) is 16.9 Å². The molecule has 5 nitrogen and oxygen atoms in total. The summed E-state index contributed by atoms with van der Waals surface area (Å²) in [6.45, 7) is 2.58. The highest BCUT2D eigenvalue weighted by molar-refractivity contribution is 7.70. The van der Waals surface area contributed by atoms with E-state index in [0.29, 0.717) is 12.0 Å². The molecular formula is C14H16N2O3S. The number of hydrogen-bond donors (Lipinski definition) is 1. The first kappa shape index (κ1) is 14.3. The van der Waals surface area contributed by atoms with Gasteiger partial charge in [0.1, 0.15) is 5.75 Å². The van der Waals surface area contributed by atoms with Gasteiger partial charge in [0.25, 0.3) is 0 Å². The van der Waals surface area contributed by atoms with Crippen molar-refractivity contribution in [1.82, 2.24) is 4.57 Å². The Bertz CT molecular complexity index is 723. The second kappa shape index (κ2) is 6.38. The summed E-state index contributed by atoms with van der Waals surface area (Å²) >= 11 is 0. The molecule has 0 saturated heterocycles. The first-order valence-corrected chi connectivity index (χ1v) is 7.31. The zero-order valence-electron chi connectivity index (χ0n) is 11.3. The molecule has 1 heterocycles. The largest absolute Gasteiger partial charge is 0.497 e. The predicted molar refractivity (Wildman–Crippen MR) is 78.0 cm³/mol. The van der Waals surface area contributed by atoms with Crippen LogP contribution in [0.3, 0.4) is 0 Å². The number of pyridine rings is 1. The number of nitrogens with zero attached hydrogens (tertiary/aromatic N) is 2. The standard InChI is InChI=1S/C14H16N2O3S/c1-3-16-10-4-5-13(14(16)15-20(17)18)11-6-8-12(19-2)9-7-11/h4-10,20H,3H2,1-2H3/b15-14-. The van der Waals surface area contributed by atoms with Gasteiger partial charge in [0.2, 0.25) is 10.9 Å². The maximum absolute atomic E-state index is 11.0. The fraction of sp³-hybridized carbons (Fsp3) is 0.214. The van der Waals surface area contributed by atoms with E-state index >= 15 is 0 Å². The van der Waals surface area contributed by atoms with Crippen LogP contribution in [0, 0.1) is 0 Å². The monoisotopic (exact) mass is 292 g/mol. The molecule has 6 heteroatoms. The number of rotatable bonds is 4. The van der Waals surface area contributed by atoms with Gasteiger partial charge in [0, 0.05) is 18.3 Å². The molecule has 0 amide bonds. The zero-order valence-corrected chi connectivity index (χ0v) is 12.2. The molecule has 0 aliphatic heterocycles. The lowest BCUT2D eigenvalue weighted by Crippen LogP contribution is -2.22. The average molecular weight is 292 g/mol. The highest BCUT2D eigenvalue weighted by Gasteiger charge is 2.04. The van der Waals surface area contributed by atoms with Gasteiger partial charge in [-0.25, -0.2) is 8.42 Å². The number of ether oxygens (including phenoxy) is 1. The molecule has 106 valence electrons. The summed E-state index contributed by atoms with van der Waals surface area (Å²) in [6.07, 6.45) is 1.81. The van der Waals surface area contributed by atoms with Gasteiger partial charge in [0.05, 0.1) is 7.11 Å². The van der Waals surface area contributed by atoms with E-state index in [4.69, 9.17) is 4.74 Å². The Balaban J connectivity index is 2.66. The third-order valence-corrected chi connectivity index (χ3v) is 3.31. The predicted octanol–water partition coefficient (Wildman–Crippen LogP) is 1.61. The highest BCUT2D eigenvalue weighted by Crippen LogP contribution is 2.19. The van der Waals surface area contributed by atoms with Gasteiger partial charge >= 0.3 is 0 Å². The Morgan fingerprint density at radius 2 is 1.90 bits per heavy atom. The molecule has 0 unspecified atom stereocenters. The summed E-state index contributed by atoms with van der Waals surface area (Å²) in [6, 6.07) is 11.2. The maximum atomic E-state index is 11.0. The second-order valence-corrected chi connectivity index (χ2v) is 4.77. The Labute approximate surface area is 119 Å². The third-order valence-electron chi connectivity index (χ3n) is 2.96. The summed E-state index contributed by atoms with van der Waals surface area (Å²) in [4.78, 5) is 0. The molecule has 1 aromatic heterocycles. The topological polar surface area (TPSA) is 60.7 Å². The second-order valence-electron chi connectivity index (χ2n) is 4.10. The molecule has 0 bridgehead atoms. The van der Waals surface area contributed by atoms with Crippen LogP contribution in [0.25, 0.3) is 11.1 Å². The van der Waals surface area contributed by atoms with Gasteiger partial charge in [-0.3, -0.25) is 0 Å². The van der Waals surface area contributed by atoms with E-state index < -0.39 is 10.9 Å². The number of aryl methyl sites for hydroxylation is 1. The molecule has 0 radical (unpaired) electrons. The number of benzene rings is 1. The van der Waals surface area contributed by atoms with Crippen LogP contribution in [0.5, 0.6) is 5.75 Å². The summed E-state index contributed by atoms with van der Waals surface area (Å²) in [5.74, 6) is 0.751. The lowest BCUT2D eigenvalue weighted by Gasteiger charge is -2.09. The van der Waals surface area contributed by atoms with Crippen LogP contribution in [0.2, 0.25) is 0 Å². The number of aromatic nitrogens is 1. The van der Waals surface area contributed by atoms with Crippen molar-refractivity contribution in [1.29, 1.82) is 0 Å². The van der Waals surface area contributed by atoms with Crippen LogP contribution >= 0.6 is 0 Å². The lowest BCUT2D eigenvalue weighted by atomic mass is 10.1. The zero-order chi connectivity index (χ0) is 14.5. The van der Waals surface area contributed by atoms with Crippen molar-refractivity contribution in [2.45, 2.75) is 13.5 Å². The first-order chi connectivity index (χ1) is 9.65. The minimum atomic E-state index is -2.84. The molecule has 0 fully saturated rings. The van der Waals surface area contributed by atoms with E-state index in [1.54, 1.807) is 11.7 Å².